The molecule has 1 unspecified atom stereocenters. The Balaban J connectivity index is 2.16. The van der Waals surface area contributed by atoms with Crippen molar-refractivity contribution in [2.24, 2.45) is 5.92 Å². The third-order valence-electron chi connectivity index (χ3n) is 2.43. The maximum Gasteiger partial charge on any atom is 0.221 e. The summed E-state index contributed by atoms with van der Waals surface area (Å²) in [6.45, 7) is 4.77. The van der Waals surface area contributed by atoms with Crippen LogP contribution in [-0.4, -0.2) is 33.2 Å². The third-order valence-corrected chi connectivity index (χ3v) is 2.43. The van der Waals surface area contributed by atoms with Gasteiger partial charge in [0.25, 0.3) is 0 Å². The van der Waals surface area contributed by atoms with E-state index in [9.17, 15) is 9.90 Å². The lowest BCUT2D eigenvalue weighted by Gasteiger charge is -2.14. The largest absolute Gasteiger partial charge is 0.391 e. The van der Waals surface area contributed by atoms with E-state index in [1.54, 1.807) is 12.5 Å². The van der Waals surface area contributed by atoms with Crippen LogP contribution in [0.5, 0.6) is 0 Å². The number of nitrogens with one attached hydrogen (secondary N) is 1. The summed E-state index contributed by atoms with van der Waals surface area (Å²) in [5.41, 5.74) is 0. The standard InChI is InChI=1S/C11H19N3O2/c1-9(2)10(15)7-13-11(16)3-5-14-6-4-12-8-14/h4,6,8-10,15H,3,5,7H2,1-2H3,(H,13,16). The number of nitrogens with zero attached hydrogens (tertiary/aromatic N) is 2. The van der Waals surface area contributed by atoms with Crippen LogP contribution in [0.3, 0.4) is 0 Å². The number of amides is 1. The number of carbonyl (C=O) groups is 1. The molecular formula is C11H19N3O2. The third kappa shape index (κ3) is 4.44. The summed E-state index contributed by atoms with van der Waals surface area (Å²) in [7, 11) is 0. The Hall–Kier alpha value is -1.36. The summed E-state index contributed by atoms with van der Waals surface area (Å²) in [5.74, 6) is 0.113. The lowest BCUT2D eigenvalue weighted by Crippen LogP contribution is -2.35. The molecule has 0 aliphatic heterocycles. The first-order chi connectivity index (χ1) is 7.59. The van der Waals surface area contributed by atoms with Crippen LogP contribution in [-0.2, 0) is 11.3 Å². The second kappa shape index (κ2) is 6.27. The second-order valence-electron chi connectivity index (χ2n) is 4.17. The molecule has 1 amide bonds. The van der Waals surface area contributed by atoms with Crippen molar-refractivity contribution < 1.29 is 9.90 Å². The first-order valence-electron chi connectivity index (χ1n) is 5.50. The zero-order chi connectivity index (χ0) is 12.0. The number of aromatic nitrogens is 2. The highest BCUT2D eigenvalue weighted by atomic mass is 16.3. The molecule has 0 spiro atoms. The van der Waals surface area contributed by atoms with E-state index in [4.69, 9.17) is 0 Å². The van der Waals surface area contributed by atoms with E-state index < -0.39 is 6.10 Å². The molecule has 5 heteroatoms. The predicted octanol–water partition coefficient (Wildman–Crippen LogP) is 0.406. The molecule has 1 aromatic rings. The molecule has 16 heavy (non-hydrogen) atoms. The maximum absolute atomic E-state index is 11.4. The second-order valence-corrected chi connectivity index (χ2v) is 4.17. The summed E-state index contributed by atoms with van der Waals surface area (Å²) in [6.07, 6.45) is 5.10. The minimum absolute atomic E-state index is 0.0478. The van der Waals surface area contributed by atoms with Gasteiger partial charge in [-0.15, -0.1) is 0 Å². The summed E-state index contributed by atoms with van der Waals surface area (Å²) < 4.78 is 1.85. The van der Waals surface area contributed by atoms with Gasteiger partial charge in [0.15, 0.2) is 0 Å². The highest BCUT2D eigenvalue weighted by molar-refractivity contribution is 5.75. The average Bonchev–Trinajstić information content (AvgIpc) is 2.75. The number of aliphatic hydroxyl groups is 1. The molecule has 1 heterocycles. The summed E-state index contributed by atoms with van der Waals surface area (Å²) in [4.78, 5) is 15.3. The first kappa shape index (κ1) is 12.7. The fourth-order valence-electron chi connectivity index (χ4n) is 1.19. The molecule has 1 atom stereocenters. The molecule has 0 fully saturated rings. The van der Waals surface area contributed by atoms with Gasteiger partial charge in [-0.2, -0.15) is 0 Å². The van der Waals surface area contributed by atoms with Gasteiger partial charge in [-0.1, -0.05) is 13.8 Å². The fourth-order valence-corrected chi connectivity index (χ4v) is 1.19. The van der Waals surface area contributed by atoms with Crippen LogP contribution in [0.1, 0.15) is 20.3 Å². The average molecular weight is 225 g/mol. The molecule has 0 aromatic carbocycles. The molecule has 1 aromatic heterocycles. The molecule has 90 valence electrons. The van der Waals surface area contributed by atoms with Crippen molar-refractivity contribution in [3.63, 3.8) is 0 Å². The lowest BCUT2D eigenvalue weighted by atomic mass is 10.1. The number of carbonyl (C=O) groups excluding carboxylic acids is 1. The van der Waals surface area contributed by atoms with E-state index >= 15 is 0 Å². The van der Waals surface area contributed by atoms with E-state index in [0.29, 0.717) is 19.5 Å². The quantitative estimate of drug-likeness (QED) is 0.736. The van der Waals surface area contributed by atoms with Crippen LogP contribution in [0.15, 0.2) is 18.7 Å². The Morgan fingerprint density at radius 2 is 2.31 bits per heavy atom. The Labute approximate surface area is 95.5 Å². The van der Waals surface area contributed by atoms with Gasteiger partial charge in [0.1, 0.15) is 0 Å². The van der Waals surface area contributed by atoms with Crippen molar-refractivity contribution in [2.75, 3.05) is 6.54 Å². The minimum Gasteiger partial charge on any atom is -0.391 e. The number of imidazole rings is 1. The number of hydrogen-bond acceptors (Lipinski definition) is 3. The van der Waals surface area contributed by atoms with Crippen LogP contribution < -0.4 is 5.32 Å². The normalized spacial score (nSPS) is 12.8. The highest BCUT2D eigenvalue weighted by Gasteiger charge is 2.10. The van der Waals surface area contributed by atoms with E-state index in [-0.39, 0.29) is 11.8 Å². The number of aryl methyl sites for hydroxylation is 1. The minimum atomic E-state index is -0.475. The van der Waals surface area contributed by atoms with Gasteiger partial charge in [-0.05, 0) is 5.92 Å². The van der Waals surface area contributed by atoms with E-state index in [2.05, 4.69) is 10.3 Å². The molecule has 0 aliphatic rings. The van der Waals surface area contributed by atoms with Crippen LogP contribution in [0.4, 0.5) is 0 Å². The van der Waals surface area contributed by atoms with E-state index in [1.165, 1.54) is 0 Å². The molecule has 0 radical (unpaired) electrons. The van der Waals surface area contributed by atoms with Crippen LogP contribution in [0.25, 0.3) is 0 Å². The summed E-state index contributed by atoms with van der Waals surface area (Å²) in [5, 5.41) is 12.2. The van der Waals surface area contributed by atoms with Crippen molar-refractivity contribution in [1.29, 1.82) is 0 Å². The smallest absolute Gasteiger partial charge is 0.221 e. The van der Waals surface area contributed by atoms with E-state index in [0.717, 1.165) is 0 Å². The maximum atomic E-state index is 11.4. The number of rotatable bonds is 6. The predicted molar refractivity (Wildman–Crippen MR) is 60.7 cm³/mol. The Kier molecular flexibility index (Phi) is 4.98. The van der Waals surface area contributed by atoms with Crippen molar-refractivity contribution in [2.45, 2.75) is 32.9 Å². The SMILES string of the molecule is CC(C)C(O)CNC(=O)CCn1ccnc1. The van der Waals surface area contributed by atoms with Crippen LogP contribution in [0.2, 0.25) is 0 Å². The fraction of sp³-hybridized carbons (Fsp3) is 0.636. The molecule has 0 bridgehead atoms. The highest BCUT2D eigenvalue weighted by Crippen LogP contribution is 1.99. The zero-order valence-electron chi connectivity index (χ0n) is 9.76. The molecule has 0 aliphatic carbocycles. The van der Waals surface area contributed by atoms with Gasteiger partial charge < -0.3 is 15.0 Å². The van der Waals surface area contributed by atoms with Crippen molar-refractivity contribution >= 4 is 5.91 Å². The number of hydrogen-bond donors (Lipinski definition) is 2. The van der Waals surface area contributed by atoms with Crippen molar-refractivity contribution in [1.82, 2.24) is 14.9 Å². The Bertz CT molecular complexity index is 309. The topological polar surface area (TPSA) is 67.2 Å². The van der Waals surface area contributed by atoms with Gasteiger partial charge in [-0.25, -0.2) is 4.98 Å². The zero-order valence-corrected chi connectivity index (χ0v) is 9.76. The molecule has 5 nitrogen and oxygen atoms in total. The summed E-state index contributed by atoms with van der Waals surface area (Å²) in [6, 6.07) is 0. The van der Waals surface area contributed by atoms with Crippen LogP contribution >= 0.6 is 0 Å². The first-order valence-corrected chi connectivity index (χ1v) is 5.50. The van der Waals surface area contributed by atoms with Crippen molar-refractivity contribution in [3.05, 3.63) is 18.7 Å². The van der Waals surface area contributed by atoms with Gasteiger partial charge in [0.05, 0.1) is 12.4 Å². The van der Waals surface area contributed by atoms with Gasteiger partial charge >= 0.3 is 0 Å². The van der Waals surface area contributed by atoms with Crippen LogP contribution in [0, 0.1) is 5.92 Å². The Morgan fingerprint density at radius 3 is 2.88 bits per heavy atom. The van der Waals surface area contributed by atoms with E-state index in [1.807, 2.05) is 24.6 Å². The van der Waals surface area contributed by atoms with Gasteiger partial charge in [0, 0.05) is 31.9 Å². The Morgan fingerprint density at radius 1 is 1.56 bits per heavy atom. The lowest BCUT2D eigenvalue weighted by molar-refractivity contribution is -0.121. The van der Waals surface area contributed by atoms with Gasteiger partial charge in [-0.3, -0.25) is 4.79 Å². The number of aliphatic hydroxyl groups excluding tert-OH is 1. The molecule has 0 saturated heterocycles. The summed E-state index contributed by atoms with van der Waals surface area (Å²) >= 11 is 0. The molecular weight excluding hydrogens is 206 g/mol. The van der Waals surface area contributed by atoms with Crippen molar-refractivity contribution in [3.8, 4) is 0 Å². The van der Waals surface area contributed by atoms with Gasteiger partial charge in [0.2, 0.25) is 5.91 Å². The molecule has 2 N–H and O–H groups in total. The molecule has 1 rings (SSSR count). The monoisotopic (exact) mass is 225 g/mol. The molecule has 0 saturated carbocycles.